The van der Waals surface area contributed by atoms with Crippen molar-refractivity contribution in [3.63, 3.8) is 0 Å². The molecule has 0 spiro atoms. The van der Waals surface area contributed by atoms with Crippen molar-refractivity contribution in [2.45, 2.75) is 168 Å². The summed E-state index contributed by atoms with van der Waals surface area (Å²) in [4.78, 5) is 15.0. The van der Waals surface area contributed by atoms with Gasteiger partial charge in [0, 0.05) is 26.6 Å². The summed E-state index contributed by atoms with van der Waals surface area (Å²) in [5.74, 6) is 0.328. The van der Waals surface area contributed by atoms with E-state index in [2.05, 4.69) is 18.7 Å². The third-order valence-electron chi connectivity index (χ3n) is 7.57. The Morgan fingerprint density at radius 2 is 0.892 bits per heavy atom. The number of unbranched alkanes of at least 4 members (excludes halogenated alkanes) is 21. The Kier molecular flexibility index (Phi) is 31.1. The number of ether oxygens (including phenoxy) is 2. The topological polar surface area (TPSA) is 38.8 Å². The van der Waals surface area contributed by atoms with E-state index in [9.17, 15) is 4.79 Å². The lowest BCUT2D eigenvalue weighted by Crippen LogP contribution is -2.35. The predicted molar refractivity (Wildman–Crippen MR) is 161 cm³/mol. The molecule has 0 unspecified atom stereocenters. The molecule has 4 heteroatoms. The molecule has 0 aromatic rings. The number of methoxy groups -OCH3 is 1. The highest BCUT2D eigenvalue weighted by Gasteiger charge is 2.12. The molecular weight excluding hydrogens is 458 g/mol. The average molecular weight is 526 g/mol. The molecule has 0 N–H and O–H groups in total. The van der Waals surface area contributed by atoms with Crippen molar-refractivity contribution in [3.05, 3.63) is 0 Å². The number of nitrogens with zero attached hydrogens (tertiary/aromatic N) is 1. The van der Waals surface area contributed by atoms with Crippen LogP contribution < -0.4 is 0 Å². The molecule has 0 aromatic carbocycles. The van der Waals surface area contributed by atoms with Gasteiger partial charge in [0.15, 0.2) is 0 Å². The summed E-state index contributed by atoms with van der Waals surface area (Å²) in [6.07, 6.45) is 31.4. The highest BCUT2D eigenvalue weighted by Crippen LogP contribution is 2.14. The first-order valence-corrected chi connectivity index (χ1v) is 16.6. The van der Waals surface area contributed by atoms with E-state index in [-0.39, 0.29) is 0 Å². The van der Waals surface area contributed by atoms with Gasteiger partial charge in [-0.05, 0) is 12.8 Å². The Morgan fingerprint density at radius 1 is 0.486 bits per heavy atom. The van der Waals surface area contributed by atoms with Crippen molar-refractivity contribution in [1.29, 1.82) is 0 Å². The second-order valence-corrected chi connectivity index (χ2v) is 11.2. The first-order chi connectivity index (χ1) is 18.3. The molecule has 0 radical (unpaired) electrons. The van der Waals surface area contributed by atoms with Gasteiger partial charge < -0.3 is 14.4 Å². The largest absolute Gasteiger partial charge is 0.382 e. The van der Waals surface area contributed by atoms with Crippen LogP contribution in [0.4, 0.5) is 0 Å². The monoisotopic (exact) mass is 526 g/mol. The first kappa shape index (κ1) is 36.4. The molecule has 222 valence electrons. The zero-order valence-corrected chi connectivity index (χ0v) is 25.7. The summed E-state index contributed by atoms with van der Waals surface area (Å²) in [5, 5.41) is 0. The van der Waals surface area contributed by atoms with Gasteiger partial charge in [-0.25, -0.2) is 0 Å². The SMILES string of the molecule is CCCCCCCCCCCCCCN(CCOCCOC)C(=O)CCCCCCCCCCCCC. The van der Waals surface area contributed by atoms with Crippen LogP contribution in [0.5, 0.6) is 0 Å². The van der Waals surface area contributed by atoms with Crippen LogP contribution in [0.15, 0.2) is 0 Å². The standard InChI is InChI=1S/C33H67NO3/c1-4-6-8-10-12-14-16-18-20-22-24-26-28-34(29-30-37-32-31-36-3)33(35)27-25-23-21-19-17-15-13-11-9-7-5-2/h4-32H2,1-3H3. The van der Waals surface area contributed by atoms with E-state index >= 15 is 0 Å². The Labute approximate surface area is 233 Å². The van der Waals surface area contributed by atoms with Crippen molar-refractivity contribution in [2.24, 2.45) is 0 Å². The second-order valence-electron chi connectivity index (χ2n) is 11.2. The highest BCUT2D eigenvalue weighted by atomic mass is 16.5. The fraction of sp³-hybridized carbons (Fsp3) is 0.970. The number of carbonyl (C=O) groups excluding carboxylic acids is 1. The van der Waals surface area contributed by atoms with Crippen molar-refractivity contribution < 1.29 is 14.3 Å². The van der Waals surface area contributed by atoms with E-state index in [1.807, 2.05) is 0 Å². The van der Waals surface area contributed by atoms with Crippen LogP contribution >= 0.6 is 0 Å². The van der Waals surface area contributed by atoms with Crippen LogP contribution in [0.3, 0.4) is 0 Å². The van der Waals surface area contributed by atoms with Gasteiger partial charge in [0.2, 0.25) is 5.91 Å². The lowest BCUT2D eigenvalue weighted by atomic mass is 10.0. The van der Waals surface area contributed by atoms with Gasteiger partial charge in [0.1, 0.15) is 0 Å². The molecule has 0 rings (SSSR count). The van der Waals surface area contributed by atoms with Crippen LogP contribution in [0.2, 0.25) is 0 Å². The molecule has 0 atom stereocenters. The van der Waals surface area contributed by atoms with Crippen LogP contribution in [0.25, 0.3) is 0 Å². The second kappa shape index (κ2) is 31.6. The number of amides is 1. The Balaban J connectivity index is 3.90. The van der Waals surface area contributed by atoms with Crippen LogP contribution in [0.1, 0.15) is 168 Å². The molecule has 0 aliphatic rings. The zero-order chi connectivity index (χ0) is 27.1. The van der Waals surface area contributed by atoms with Crippen molar-refractivity contribution >= 4 is 5.91 Å². The quantitative estimate of drug-likeness (QED) is 0.0845. The maximum atomic E-state index is 12.9. The van der Waals surface area contributed by atoms with Gasteiger partial charge in [-0.1, -0.05) is 149 Å². The maximum absolute atomic E-state index is 12.9. The summed E-state index contributed by atoms with van der Waals surface area (Å²) in [6.45, 7) is 8.01. The van der Waals surface area contributed by atoms with Crippen LogP contribution in [-0.4, -0.2) is 50.8 Å². The van der Waals surface area contributed by atoms with E-state index < -0.39 is 0 Å². The van der Waals surface area contributed by atoms with E-state index in [4.69, 9.17) is 9.47 Å². The minimum atomic E-state index is 0.328. The average Bonchev–Trinajstić information content (AvgIpc) is 2.90. The van der Waals surface area contributed by atoms with Gasteiger partial charge in [0.25, 0.3) is 0 Å². The van der Waals surface area contributed by atoms with Crippen molar-refractivity contribution in [2.75, 3.05) is 40.0 Å². The van der Waals surface area contributed by atoms with Crippen molar-refractivity contribution in [1.82, 2.24) is 4.90 Å². The molecule has 0 heterocycles. The lowest BCUT2D eigenvalue weighted by molar-refractivity contribution is -0.132. The maximum Gasteiger partial charge on any atom is 0.222 e. The first-order valence-electron chi connectivity index (χ1n) is 16.6. The Morgan fingerprint density at radius 3 is 1.32 bits per heavy atom. The zero-order valence-electron chi connectivity index (χ0n) is 25.7. The number of hydrogen-bond acceptors (Lipinski definition) is 3. The van der Waals surface area contributed by atoms with Crippen LogP contribution in [-0.2, 0) is 14.3 Å². The summed E-state index contributed by atoms with van der Waals surface area (Å²) in [7, 11) is 1.69. The van der Waals surface area contributed by atoms with E-state index in [0.717, 1.165) is 25.9 Å². The van der Waals surface area contributed by atoms with Gasteiger partial charge in [-0.2, -0.15) is 0 Å². The molecular formula is C33H67NO3. The highest BCUT2D eigenvalue weighted by molar-refractivity contribution is 5.76. The summed E-state index contributed by atoms with van der Waals surface area (Å²) < 4.78 is 10.7. The summed E-state index contributed by atoms with van der Waals surface area (Å²) >= 11 is 0. The van der Waals surface area contributed by atoms with E-state index in [0.29, 0.717) is 32.1 Å². The Bertz CT molecular complexity index is 443. The number of rotatable bonds is 31. The third-order valence-corrected chi connectivity index (χ3v) is 7.57. The van der Waals surface area contributed by atoms with Gasteiger partial charge in [-0.15, -0.1) is 0 Å². The number of carbonyl (C=O) groups is 1. The molecule has 0 aliphatic heterocycles. The lowest BCUT2D eigenvalue weighted by Gasteiger charge is -2.23. The fourth-order valence-electron chi connectivity index (χ4n) is 5.02. The molecule has 0 saturated carbocycles. The molecule has 4 nitrogen and oxygen atoms in total. The number of hydrogen-bond donors (Lipinski definition) is 0. The fourth-order valence-corrected chi connectivity index (χ4v) is 5.02. The molecule has 1 amide bonds. The van der Waals surface area contributed by atoms with E-state index in [1.165, 1.54) is 135 Å². The van der Waals surface area contributed by atoms with Gasteiger partial charge in [0.05, 0.1) is 19.8 Å². The third kappa shape index (κ3) is 28.2. The predicted octanol–water partition coefficient (Wildman–Crippen LogP) is 9.88. The van der Waals surface area contributed by atoms with Gasteiger partial charge >= 0.3 is 0 Å². The summed E-state index contributed by atoms with van der Waals surface area (Å²) in [6, 6.07) is 0. The normalized spacial score (nSPS) is 11.3. The molecule has 0 bridgehead atoms. The van der Waals surface area contributed by atoms with E-state index in [1.54, 1.807) is 7.11 Å². The summed E-state index contributed by atoms with van der Waals surface area (Å²) in [5.41, 5.74) is 0. The molecule has 0 aliphatic carbocycles. The van der Waals surface area contributed by atoms with Gasteiger partial charge in [-0.3, -0.25) is 4.79 Å². The van der Waals surface area contributed by atoms with Crippen LogP contribution in [0, 0.1) is 0 Å². The minimum Gasteiger partial charge on any atom is -0.382 e. The minimum absolute atomic E-state index is 0.328. The molecule has 0 aromatic heterocycles. The molecule has 0 fully saturated rings. The smallest absolute Gasteiger partial charge is 0.222 e. The molecule has 37 heavy (non-hydrogen) atoms. The molecule has 0 saturated heterocycles. The Hall–Kier alpha value is -0.610. The van der Waals surface area contributed by atoms with Crippen molar-refractivity contribution in [3.8, 4) is 0 Å².